The molecule has 2 nitrogen and oxygen atoms in total. The zero-order chi connectivity index (χ0) is 4.99. The van der Waals surface area contributed by atoms with Gasteiger partial charge in [-0.25, -0.2) is 0 Å². The van der Waals surface area contributed by atoms with Gasteiger partial charge in [0.1, 0.15) is 0 Å². The van der Waals surface area contributed by atoms with Crippen LogP contribution in [-0.2, 0) is 11.1 Å². The molecule has 1 atom stereocenters. The Balaban J connectivity index is 2.83. The van der Waals surface area contributed by atoms with Crippen LogP contribution in [0.4, 0.5) is 0 Å². The Kier molecular flexibility index (Phi) is 4.21. The normalized spacial score (nSPS) is 14.3. The predicted molar refractivity (Wildman–Crippen MR) is 25.7 cm³/mol. The van der Waals surface area contributed by atoms with Crippen LogP contribution < -0.4 is 0 Å². The van der Waals surface area contributed by atoms with E-state index in [0.29, 0.717) is 5.32 Å². The zero-order valence-electron chi connectivity index (χ0n) is 3.09. The van der Waals surface area contributed by atoms with E-state index in [1.54, 1.807) is 0 Å². The quantitative estimate of drug-likeness (QED) is 0.403. The van der Waals surface area contributed by atoms with Crippen molar-refractivity contribution < 1.29 is 8.76 Å². The summed E-state index contributed by atoms with van der Waals surface area (Å²) in [6.45, 7) is 0. The maximum atomic E-state index is 9.59. The van der Waals surface area contributed by atoms with E-state index >= 15 is 0 Å². The molecule has 0 saturated carbocycles. The van der Waals surface area contributed by atoms with E-state index in [9.17, 15) is 8.76 Å². The van der Waals surface area contributed by atoms with Crippen molar-refractivity contribution in [2.24, 2.45) is 0 Å². The van der Waals surface area contributed by atoms with E-state index < -0.39 is 11.1 Å². The molecule has 0 aromatic rings. The second-order valence-corrected chi connectivity index (χ2v) is 2.69. The molecule has 0 heterocycles. The first-order chi connectivity index (χ1) is 2.77. The Morgan fingerprint density at radius 2 is 2.33 bits per heavy atom. The second-order valence-electron chi connectivity index (χ2n) is 0.731. The van der Waals surface area contributed by atoms with Crippen LogP contribution in [0.25, 0.3) is 0 Å². The Bertz CT molecular complexity index is 55.5. The van der Waals surface area contributed by atoms with Gasteiger partial charge in [0.2, 0.25) is 0 Å². The molecule has 0 bridgehead atoms. The van der Waals surface area contributed by atoms with E-state index in [-0.39, 0.29) is 5.75 Å². The molecule has 0 aromatic carbocycles. The van der Waals surface area contributed by atoms with Crippen LogP contribution in [0, 0.1) is 0 Å². The Hall–Kier alpha value is 0.629. The van der Waals surface area contributed by atoms with Gasteiger partial charge in [0.05, 0.1) is 0 Å². The summed E-state index contributed by atoms with van der Waals surface area (Å²) in [4.78, 5) is 0. The number of hydrogen-bond donors (Lipinski definition) is 0. The Morgan fingerprint density at radius 1 is 1.83 bits per heavy atom. The Labute approximate surface area is 47.4 Å². The van der Waals surface area contributed by atoms with Crippen LogP contribution in [0.5, 0.6) is 0 Å². The number of rotatable bonds is 2. The molecule has 0 rings (SSSR count). The monoisotopic (exact) mass is 173 g/mol. The molecule has 0 aromatic heterocycles. The van der Waals surface area contributed by atoms with Crippen molar-refractivity contribution in [3.63, 3.8) is 0 Å². The predicted octanol–water partition coefficient (Wildman–Crippen LogP) is -0.815. The van der Waals surface area contributed by atoms with Crippen LogP contribution in [0.2, 0.25) is 5.32 Å². The van der Waals surface area contributed by atoms with Crippen molar-refractivity contribution in [3.8, 4) is 0 Å². The van der Waals surface area contributed by atoms with Gasteiger partial charge >= 0.3 is 46.9 Å². The van der Waals surface area contributed by atoms with Crippen LogP contribution in [0.3, 0.4) is 0 Å². The average Bonchev–Trinajstić information content (AvgIpc) is 1.35. The summed E-state index contributed by atoms with van der Waals surface area (Å²) < 4.78 is 19.2. The van der Waals surface area contributed by atoms with Crippen molar-refractivity contribution in [1.29, 1.82) is 0 Å². The molecule has 4 heteroatoms. The van der Waals surface area contributed by atoms with E-state index in [1.165, 1.54) is 0 Å². The second kappa shape index (κ2) is 3.81. The van der Waals surface area contributed by atoms with Crippen LogP contribution in [-0.4, -0.2) is 30.5 Å². The third-order valence-corrected chi connectivity index (χ3v) is 1.92. The van der Waals surface area contributed by atoms with Crippen molar-refractivity contribution in [2.45, 2.75) is 5.32 Å². The molecule has 0 fully saturated rings. The summed E-state index contributed by atoms with van der Waals surface area (Å²) in [6, 6.07) is 0. The average molecular weight is 172 g/mol. The van der Waals surface area contributed by atoms with Crippen LogP contribution >= 0.6 is 0 Å². The molecule has 6 heavy (non-hydrogen) atoms. The SMILES string of the molecule is O=S([O-])CC[SeH]. The van der Waals surface area contributed by atoms with E-state index in [2.05, 4.69) is 16.0 Å². The molecule has 0 aliphatic carbocycles. The molecule has 0 saturated heterocycles. The molecule has 0 amide bonds. The molecule has 0 aliphatic heterocycles. The third-order valence-electron chi connectivity index (χ3n) is 0.258. The van der Waals surface area contributed by atoms with Gasteiger partial charge in [-0.1, -0.05) is 0 Å². The molecule has 0 spiro atoms. The molecule has 0 radical (unpaired) electrons. The van der Waals surface area contributed by atoms with Gasteiger partial charge in [-0.3, -0.25) is 0 Å². The van der Waals surface area contributed by atoms with E-state index in [1.807, 2.05) is 0 Å². The molecule has 0 N–H and O–H groups in total. The van der Waals surface area contributed by atoms with Crippen LogP contribution in [0.15, 0.2) is 0 Å². The summed E-state index contributed by atoms with van der Waals surface area (Å²) in [5.41, 5.74) is 0. The maximum absolute atomic E-state index is 9.59. The van der Waals surface area contributed by atoms with Gasteiger partial charge in [-0.2, -0.15) is 0 Å². The third kappa shape index (κ3) is 4.63. The van der Waals surface area contributed by atoms with E-state index in [4.69, 9.17) is 0 Å². The van der Waals surface area contributed by atoms with Gasteiger partial charge < -0.3 is 0 Å². The fourth-order valence-corrected chi connectivity index (χ4v) is 1.16. The topological polar surface area (TPSA) is 40.1 Å². The molecule has 1 unspecified atom stereocenters. The first-order valence-corrected chi connectivity index (χ1v) is 4.01. The first kappa shape index (κ1) is 6.63. The minimum absolute atomic E-state index is 0.264. The Morgan fingerprint density at radius 3 is 2.33 bits per heavy atom. The fourth-order valence-electron chi connectivity index (χ4n) is 0.0745. The van der Waals surface area contributed by atoms with Gasteiger partial charge in [0.25, 0.3) is 0 Å². The molecule has 38 valence electrons. The zero-order valence-corrected chi connectivity index (χ0v) is 5.78. The minimum atomic E-state index is -1.83. The summed E-state index contributed by atoms with van der Waals surface area (Å²) in [7, 11) is 0. The van der Waals surface area contributed by atoms with Gasteiger partial charge in [0, 0.05) is 0 Å². The van der Waals surface area contributed by atoms with Crippen LogP contribution in [0.1, 0.15) is 0 Å². The van der Waals surface area contributed by atoms with Crippen molar-refractivity contribution in [3.05, 3.63) is 0 Å². The molecular weight excluding hydrogens is 167 g/mol. The molecule has 0 aliphatic rings. The fraction of sp³-hybridized carbons (Fsp3) is 1.00. The summed E-state index contributed by atoms with van der Waals surface area (Å²) in [5.74, 6) is 0.264. The van der Waals surface area contributed by atoms with Gasteiger partial charge in [0.15, 0.2) is 0 Å². The van der Waals surface area contributed by atoms with Crippen molar-refractivity contribution in [1.82, 2.24) is 0 Å². The van der Waals surface area contributed by atoms with Gasteiger partial charge in [-0.15, -0.1) is 0 Å². The van der Waals surface area contributed by atoms with Gasteiger partial charge in [-0.05, 0) is 0 Å². The summed E-state index contributed by atoms with van der Waals surface area (Å²) in [6.07, 6.45) is 0. The first-order valence-electron chi connectivity index (χ1n) is 1.44. The van der Waals surface area contributed by atoms with Crippen molar-refractivity contribution >= 4 is 27.1 Å². The standard InChI is InChI=1S/C2H6O2SSe/c3-5(4)1-2-6/h6H,1-2H2,(H,3,4)/p-1. The van der Waals surface area contributed by atoms with E-state index in [0.717, 1.165) is 0 Å². The summed E-state index contributed by atoms with van der Waals surface area (Å²) >= 11 is 0.374. The summed E-state index contributed by atoms with van der Waals surface area (Å²) in [5, 5.41) is 0.656. The van der Waals surface area contributed by atoms with Crippen molar-refractivity contribution in [2.75, 3.05) is 5.75 Å². The molecular formula is C2H5O2SSe-. The number of hydrogen-bond acceptors (Lipinski definition) is 2.